The van der Waals surface area contributed by atoms with E-state index in [4.69, 9.17) is 9.47 Å². The summed E-state index contributed by atoms with van der Waals surface area (Å²) in [4.78, 5) is 16.7. The number of carbonyl (C=O) groups is 1. The van der Waals surface area contributed by atoms with E-state index in [9.17, 15) is 9.18 Å². The molecular formula is C20H21FN4O3. The molecule has 0 aliphatic heterocycles. The van der Waals surface area contributed by atoms with Gasteiger partial charge in [-0.2, -0.15) is 0 Å². The zero-order valence-corrected chi connectivity index (χ0v) is 15.7. The van der Waals surface area contributed by atoms with Crippen molar-refractivity contribution < 1.29 is 18.7 Å². The molecule has 0 atom stereocenters. The summed E-state index contributed by atoms with van der Waals surface area (Å²) in [6.45, 7) is 3.21. The fourth-order valence-electron chi connectivity index (χ4n) is 2.57. The highest BCUT2D eigenvalue weighted by molar-refractivity contribution is 5.91. The molecule has 2 aromatic carbocycles. The highest BCUT2D eigenvalue weighted by atomic mass is 19.1. The van der Waals surface area contributed by atoms with Gasteiger partial charge in [-0.25, -0.2) is 14.1 Å². The van der Waals surface area contributed by atoms with Gasteiger partial charge in [-0.3, -0.25) is 4.79 Å². The second-order valence-electron chi connectivity index (χ2n) is 5.85. The van der Waals surface area contributed by atoms with E-state index >= 15 is 0 Å². The number of ether oxygens (including phenoxy) is 2. The first-order valence-electron chi connectivity index (χ1n) is 8.85. The minimum absolute atomic E-state index is 0.0179. The van der Waals surface area contributed by atoms with Gasteiger partial charge in [0, 0.05) is 19.2 Å². The molecule has 7 nitrogen and oxygen atoms in total. The maximum absolute atomic E-state index is 13.3. The molecule has 146 valence electrons. The predicted molar refractivity (Wildman–Crippen MR) is 102 cm³/mol. The van der Waals surface area contributed by atoms with Gasteiger partial charge in [0.1, 0.15) is 11.6 Å². The average molecular weight is 384 g/mol. The molecule has 0 saturated carbocycles. The minimum Gasteiger partial charge on any atom is -0.494 e. The third-order valence-electron chi connectivity index (χ3n) is 3.90. The smallest absolute Gasteiger partial charge is 0.291 e. The maximum Gasteiger partial charge on any atom is 0.291 e. The number of nitrogens with zero attached hydrogens (tertiary/aromatic N) is 3. The van der Waals surface area contributed by atoms with Crippen molar-refractivity contribution in [3.8, 4) is 22.8 Å². The molecule has 1 heterocycles. The third-order valence-corrected chi connectivity index (χ3v) is 3.90. The number of nitrogens with one attached hydrogen (secondary N) is 1. The second-order valence-corrected chi connectivity index (χ2v) is 5.85. The highest BCUT2D eigenvalue weighted by Crippen LogP contribution is 2.23. The normalized spacial score (nSPS) is 10.7. The van der Waals surface area contributed by atoms with Gasteiger partial charge >= 0.3 is 0 Å². The van der Waals surface area contributed by atoms with Crippen molar-refractivity contribution in [2.75, 3.05) is 26.9 Å². The summed E-state index contributed by atoms with van der Waals surface area (Å²) >= 11 is 0. The molecule has 1 aromatic heterocycles. The SMILES string of the molecule is CCOc1ccc(-n2nc(C(=O)NCCOC)nc2-c2ccc(F)cc2)cc1. The predicted octanol–water partition coefficient (Wildman–Crippen LogP) is 2.85. The van der Waals surface area contributed by atoms with E-state index in [2.05, 4.69) is 15.4 Å². The van der Waals surface area contributed by atoms with Gasteiger partial charge in [0.15, 0.2) is 5.82 Å². The van der Waals surface area contributed by atoms with Gasteiger partial charge in [-0.05, 0) is 55.5 Å². The van der Waals surface area contributed by atoms with E-state index in [1.165, 1.54) is 12.1 Å². The number of hydrogen-bond donors (Lipinski definition) is 1. The Hall–Kier alpha value is -3.26. The maximum atomic E-state index is 13.3. The molecule has 1 amide bonds. The first kappa shape index (κ1) is 19.5. The fourth-order valence-corrected chi connectivity index (χ4v) is 2.57. The lowest BCUT2D eigenvalue weighted by molar-refractivity contribution is 0.0927. The van der Waals surface area contributed by atoms with Crippen LogP contribution in [0.1, 0.15) is 17.5 Å². The summed E-state index contributed by atoms with van der Waals surface area (Å²) in [6, 6.07) is 13.1. The van der Waals surface area contributed by atoms with Crippen LogP contribution in [0.2, 0.25) is 0 Å². The van der Waals surface area contributed by atoms with Crippen LogP contribution in [0.4, 0.5) is 4.39 Å². The summed E-state index contributed by atoms with van der Waals surface area (Å²) in [5.74, 6) is 0.413. The van der Waals surface area contributed by atoms with E-state index in [-0.39, 0.29) is 11.6 Å². The molecule has 3 aromatic rings. The minimum atomic E-state index is -0.412. The molecule has 0 bridgehead atoms. The van der Waals surface area contributed by atoms with E-state index in [1.807, 2.05) is 31.2 Å². The van der Waals surface area contributed by atoms with Gasteiger partial charge in [0.05, 0.1) is 18.9 Å². The lowest BCUT2D eigenvalue weighted by Gasteiger charge is -2.08. The molecular weight excluding hydrogens is 363 g/mol. The fraction of sp³-hybridized carbons (Fsp3) is 0.250. The van der Waals surface area contributed by atoms with Crippen molar-refractivity contribution in [3.05, 3.63) is 60.2 Å². The van der Waals surface area contributed by atoms with Gasteiger partial charge < -0.3 is 14.8 Å². The van der Waals surface area contributed by atoms with E-state index in [0.717, 1.165) is 5.75 Å². The second kappa shape index (κ2) is 9.09. The largest absolute Gasteiger partial charge is 0.494 e. The Labute approximate surface area is 162 Å². The molecule has 0 aliphatic carbocycles. The number of methoxy groups -OCH3 is 1. The number of halogens is 1. The number of amides is 1. The number of carbonyl (C=O) groups excluding carboxylic acids is 1. The Morgan fingerprint density at radius 1 is 1.14 bits per heavy atom. The molecule has 0 aliphatic rings. The molecule has 0 saturated heterocycles. The van der Waals surface area contributed by atoms with Crippen LogP contribution in [0.25, 0.3) is 17.1 Å². The van der Waals surface area contributed by atoms with Crippen LogP contribution in [-0.4, -0.2) is 47.5 Å². The van der Waals surface area contributed by atoms with Crippen LogP contribution in [0, 0.1) is 5.82 Å². The molecule has 28 heavy (non-hydrogen) atoms. The number of benzene rings is 2. The van der Waals surface area contributed by atoms with Crippen LogP contribution in [0.5, 0.6) is 5.75 Å². The Morgan fingerprint density at radius 2 is 1.86 bits per heavy atom. The van der Waals surface area contributed by atoms with E-state index < -0.39 is 5.91 Å². The standard InChI is InChI=1S/C20H21FN4O3/c1-3-28-17-10-8-16(9-11-17)25-19(14-4-6-15(21)7-5-14)23-18(24-25)20(26)22-12-13-27-2/h4-11H,3,12-13H2,1-2H3,(H,22,26). The molecule has 8 heteroatoms. The van der Waals surface area contributed by atoms with Crippen molar-refractivity contribution in [2.24, 2.45) is 0 Å². The van der Waals surface area contributed by atoms with Crippen LogP contribution >= 0.6 is 0 Å². The Bertz CT molecular complexity index is 924. The van der Waals surface area contributed by atoms with Gasteiger partial charge in [0.2, 0.25) is 5.82 Å². The van der Waals surface area contributed by atoms with Crippen molar-refractivity contribution in [3.63, 3.8) is 0 Å². The molecule has 1 N–H and O–H groups in total. The average Bonchev–Trinajstić information content (AvgIpc) is 3.15. The number of hydrogen-bond acceptors (Lipinski definition) is 5. The molecule has 0 unspecified atom stereocenters. The Balaban J connectivity index is 1.98. The lowest BCUT2D eigenvalue weighted by atomic mass is 10.2. The Kier molecular flexibility index (Phi) is 6.33. The molecule has 0 fully saturated rings. The van der Waals surface area contributed by atoms with Crippen molar-refractivity contribution in [1.82, 2.24) is 20.1 Å². The van der Waals surface area contributed by atoms with Gasteiger partial charge in [-0.1, -0.05) is 0 Å². The van der Waals surface area contributed by atoms with Crippen molar-refractivity contribution in [2.45, 2.75) is 6.92 Å². The Morgan fingerprint density at radius 3 is 2.50 bits per heavy atom. The van der Waals surface area contributed by atoms with Crippen LogP contribution < -0.4 is 10.1 Å². The van der Waals surface area contributed by atoms with Crippen LogP contribution in [0.15, 0.2) is 48.5 Å². The summed E-state index contributed by atoms with van der Waals surface area (Å²) in [7, 11) is 1.55. The van der Waals surface area contributed by atoms with Gasteiger partial charge in [-0.15, -0.1) is 5.10 Å². The van der Waals surface area contributed by atoms with Crippen molar-refractivity contribution >= 4 is 5.91 Å². The van der Waals surface area contributed by atoms with E-state index in [0.29, 0.717) is 36.8 Å². The first-order chi connectivity index (χ1) is 13.6. The third kappa shape index (κ3) is 4.52. The summed E-state index contributed by atoms with van der Waals surface area (Å²) in [5.41, 5.74) is 1.34. The van der Waals surface area contributed by atoms with Gasteiger partial charge in [0.25, 0.3) is 5.91 Å². The molecule has 0 radical (unpaired) electrons. The molecule has 0 spiro atoms. The molecule has 3 rings (SSSR count). The quantitative estimate of drug-likeness (QED) is 0.604. The topological polar surface area (TPSA) is 78.3 Å². The van der Waals surface area contributed by atoms with Crippen LogP contribution in [0.3, 0.4) is 0 Å². The number of aromatic nitrogens is 3. The first-order valence-corrected chi connectivity index (χ1v) is 8.85. The number of rotatable bonds is 8. The summed E-state index contributed by atoms with van der Waals surface area (Å²) < 4.78 is 25.3. The summed E-state index contributed by atoms with van der Waals surface area (Å²) in [6.07, 6.45) is 0. The van der Waals surface area contributed by atoms with Crippen molar-refractivity contribution in [1.29, 1.82) is 0 Å². The lowest BCUT2D eigenvalue weighted by Crippen LogP contribution is -2.28. The summed E-state index contributed by atoms with van der Waals surface area (Å²) in [5, 5.41) is 7.05. The monoisotopic (exact) mass is 384 g/mol. The van der Waals surface area contributed by atoms with E-state index in [1.54, 1.807) is 23.9 Å². The van der Waals surface area contributed by atoms with Crippen LogP contribution in [-0.2, 0) is 4.74 Å². The highest BCUT2D eigenvalue weighted by Gasteiger charge is 2.18. The zero-order chi connectivity index (χ0) is 19.9. The zero-order valence-electron chi connectivity index (χ0n) is 15.7.